The number of carbonyl (C=O) groups is 1. The molecule has 1 amide bonds. The van der Waals surface area contributed by atoms with Crippen LogP contribution in [-0.4, -0.2) is 22.2 Å². The van der Waals surface area contributed by atoms with Gasteiger partial charge >= 0.3 is 6.36 Å². The quantitative estimate of drug-likeness (QED) is 0.683. The Labute approximate surface area is 158 Å². The number of ether oxygens (including phenoxy) is 2. The van der Waals surface area contributed by atoms with Gasteiger partial charge in [-0.3, -0.25) is 9.78 Å². The molecule has 2 heterocycles. The number of aromatic nitrogens is 2. The highest BCUT2D eigenvalue weighted by molar-refractivity contribution is 6.04. The molecule has 9 heteroatoms. The van der Waals surface area contributed by atoms with Crippen molar-refractivity contribution in [1.82, 2.24) is 9.97 Å². The number of benzene rings is 1. The van der Waals surface area contributed by atoms with Crippen LogP contribution in [0.15, 0.2) is 60.9 Å². The number of nitrogens with zero attached hydrogens (tertiary/aromatic N) is 2. The van der Waals surface area contributed by atoms with Crippen molar-refractivity contribution in [2.45, 2.75) is 13.3 Å². The van der Waals surface area contributed by atoms with E-state index in [1.165, 1.54) is 18.3 Å². The Hall–Kier alpha value is -3.62. The summed E-state index contributed by atoms with van der Waals surface area (Å²) in [6, 6.07) is 11.3. The van der Waals surface area contributed by atoms with Crippen LogP contribution in [0.4, 0.5) is 18.9 Å². The fourth-order valence-electron chi connectivity index (χ4n) is 2.16. The first kappa shape index (κ1) is 19.2. The van der Waals surface area contributed by atoms with E-state index in [1.54, 1.807) is 30.5 Å². The predicted octanol–water partition coefficient (Wildman–Crippen LogP) is 4.73. The van der Waals surface area contributed by atoms with Crippen molar-refractivity contribution in [3.8, 4) is 17.4 Å². The Bertz CT molecular complexity index is 941. The molecule has 28 heavy (non-hydrogen) atoms. The molecular formula is C19H14F3N3O3. The van der Waals surface area contributed by atoms with Gasteiger partial charge in [0.15, 0.2) is 0 Å². The van der Waals surface area contributed by atoms with E-state index in [2.05, 4.69) is 20.0 Å². The van der Waals surface area contributed by atoms with Gasteiger partial charge < -0.3 is 14.8 Å². The summed E-state index contributed by atoms with van der Waals surface area (Å²) in [6.07, 6.45) is -1.82. The minimum absolute atomic E-state index is 0.167. The van der Waals surface area contributed by atoms with Crippen molar-refractivity contribution in [2.75, 3.05) is 5.32 Å². The zero-order valence-corrected chi connectivity index (χ0v) is 14.5. The summed E-state index contributed by atoms with van der Waals surface area (Å²) in [5, 5.41) is 2.59. The number of amides is 1. The number of anilines is 1. The summed E-state index contributed by atoms with van der Waals surface area (Å²) in [6.45, 7) is 1.86. The van der Waals surface area contributed by atoms with Crippen LogP contribution in [0.3, 0.4) is 0 Å². The SMILES string of the molecule is Cc1ccc(Oc2ccc(NC(=O)c3ccc(OC(F)(F)F)cc3)cn2)cn1. The van der Waals surface area contributed by atoms with E-state index >= 15 is 0 Å². The molecular weight excluding hydrogens is 375 g/mol. The number of carbonyl (C=O) groups excluding carboxylic acids is 1. The van der Waals surface area contributed by atoms with Gasteiger partial charge in [-0.25, -0.2) is 4.98 Å². The Morgan fingerprint density at radius 1 is 0.929 bits per heavy atom. The lowest BCUT2D eigenvalue weighted by atomic mass is 10.2. The highest BCUT2D eigenvalue weighted by atomic mass is 19.4. The van der Waals surface area contributed by atoms with E-state index in [-0.39, 0.29) is 5.56 Å². The lowest BCUT2D eigenvalue weighted by Crippen LogP contribution is -2.17. The van der Waals surface area contributed by atoms with E-state index in [0.29, 0.717) is 17.3 Å². The third-order valence-electron chi connectivity index (χ3n) is 3.45. The first-order valence-corrected chi connectivity index (χ1v) is 8.02. The van der Waals surface area contributed by atoms with Crippen LogP contribution in [0, 0.1) is 6.92 Å². The van der Waals surface area contributed by atoms with Crippen LogP contribution < -0.4 is 14.8 Å². The van der Waals surface area contributed by atoms with Gasteiger partial charge in [-0.05, 0) is 49.4 Å². The second-order valence-corrected chi connectivity index (χ2v) is 5.65. The van der Waals surface area contributed by atoms with E-state index in [9.17, 15) is 18.0 Å². The molecule has 2 aromatic heterocycles. The smallest absolute Gasteiger partial charge is 0.437 e. The van der Waals surface area contributed by atoms with Crippen LogP contribution in [0.2, 0.25) is 0 Å². The molecule has 0 bridgehead atoms. The molecule has 0 saturated carbocycles. The van der Waals surface area contributed by atoms with Crippen molar-refractivity contribution in [3.63, 3.8) is 0 Å². The van der Waals surface area contributed by atoms with Gasteiger partial charge in [0.2, 0.25) is 5.88 Å². The fourth-order valence-corrected chi connectivity index (χ4v) is 2.16. The molecule has 0 spiro atoms. The van der Waals surface area contributed by atoms with Crippen molar-refractivity contribution in [2.24, 2.45) is 0 Å². The van der Waals surface area contributed by atoms with Gasteiger partial charge in [-0.15, -0.1) is 13.2 Å². The minimum atomic E-state index is -4.78. The molecule has 0 aliphatic heterocycles. The standard InChI is InChI=1S/C19H14F3N3O3/c1-12-2-6-16(11-23-12)27-17-9-5-14(10-24-17)25-18(26)13-3-7-15(8-4-13)28-19(20,21)22/h2-11H,1H3,(H,25,26). The lowest BCUT2D eigenvalue weighted by Gasteiger charge is -2.10. The molecule has 1 N–H and O–H groups in total. The number of nitrogens with one attached hydrogen (secondary N) is 1. The van der Waals surface area contributed by atoms with E-state index < -0.39 is 18.0 Å². The summed E-state index contributed by atoms with van der Waals surface area (Å²) < 4.78 is 45.8. The first-order valence-electron chi connectivity index (χ1n) is 8.02. The Kier molecular flexibility index (Phi) is 5.44. The highest BCUT2D eigenvalue weighted by Gasteiger charge is 2.31. The molecule has 144 valence electrons. The summed E-state index contributed by atoms with van der Waals surface area (Å²) in [4.78, 5) is 20.4. The normalized spacial score (nSPS) is 11.0. The molecule has 0 radical (unpaired) electrons. The zero-order chi connectivity index (χ0) is 20.1. The lowest BCUT2D eigenvalue weighted by molar-refractivity contribution is -0.274. The molecule has 3 aromatic rings. The molecule has 0 aliphatic rings. The first-order chi connectivity index (χ1) is 13.3. The van der Waals surface area contributed by atoms with E-state index in [1.807, 2.05) is 6.92 Å². The third kappa shape index (κ3) is 5.44. The number of aryl methyl sites for hydroxylation is 1. The number of hydrogen-bond acceptors (Lipinski definition) is 5. The highest BCUT2D eigenvalue weighted by Crippen LogP contribution is 2.23. The van der Waals surface area contributed by atoms with E-state index in [4.69, 9.17) is 4.74 Å². The van der Waals surface area contributed by atoms with Gasteiger partial charge in [-0.2, -0.15) is 0 Å². The Morgan fingerprint density at radius 3 is 2.21 bits per heavy atom. The van der Waals surface area contributed by atoms with Gasteiger partial charge in [0.05, 0.1) is 18.1 Å². The summed E-state index contributed by atoms with van der Waals surface area (Å²) >= 11 is 0. The third-order valence-corrected chi connectivity index (χ3v) is 3.45. The van der Waals surface area contributed by atoms with Gasteiger partial charge in [-0.1, -0.05) is 0 Å². The Morgan fingerprint density at radius 2 is 1.64 bits per heavy atom. The van der Waals surface area contributed by atoms with Crippen molar-refractivity contribution < 1.29 is 27.4 Å². The van der Waals surface area contributed by atoms with Crippen LogP contribution in [0.5, 0.6) is 17.4 Å². The summed E-state index contributed by atoms with van der Waals surface area (Å²) in [5.74, 6) is -0.0667. The summed E-state index contributed by atoms with van der Waals surface area (Å²) in [7, 11) is 0. The molecule has 0 atom stereocenters. The maximum Gasteiger partial charge on any atom is 0.573 e. The average molecular weight is 389 g/mol. The maximum absolute atomic E-state index is 12.2. The van der Waals surface area contributed by atoms with Gasteiger partial charge in [0.1, 0.15) is 11.5 Å². The van der Waals surface area contributed by atoms with Gasteiger partial charge in [0.25, 0.3) is 5.91 Å². The molecule has 0 aliphatic carbocycles. The largest absolute Gasteiger partial charge is 0.573 e. The van der Waals surface area contributed by atoms with Crippen LogP contribution in [-0.2, 0) is 0 Å². The second-order valence-electron chi connectivity index (χ2n) is 5.65. The average Bonchev–Trinajstić information content (AvgIpc) is 2.64. The van der Waals surface area contributed by atoms with Crippen LogP contribution in [0.1, 0.15) is 16.1 Å². The monoisotopic (exact) mass is 389 g/mol. The second kappa shape index (κ2) is 7.95. The Balaban J connectivity index is 1.60. The minimum Gasteiger partial charge on any atom is -0.437 e. The molecule has 0 fully saturated rings. The number of pyridine rings is 2. The number of rotatable bonds is 5. The number of hydrogen-bond donors (Lipinski definition) is 1. The maximum atomic E-state index is 12.2. The molecule has 1 aromatic carbocycles. The van der Waals surface area contributed by atoms with Gasteiger partial charge in [0, 0.05) is 17.3 Å². The molecule has 6 nitrogen and oxygen atoms in total. The molecule has 3 rings (SSSR count). The van der Waals surface area contributed by atoms with E-state index in [0.717, 1.165) is 17.8 Å². The topological polar surface area (TPSA) is 73.3 Å². The summed E-state index contributed by atoms with van der Waals surface area (Å²) in [5.41, 5.74) is 1.42. The van der Waals surface area contributed by atoms with Crippen LogP contribution >= 0.6 is 0 Å². The van der Waals surface area contributed by atoms with Crippen molar-refractivity contribution in [1.29, 1.82) is 0 Å². The van der Waals surface area contributed by atoms with Crippen molar-refractivity contribution >= 4 is 11.6 Å². The van der Waals surface area contributed by atoms with Crippen LogP contribution in [0.25, 0.3) is 0 Å². The number of halogens is 3. The van der Waals surface area contributed by atoms with Crippen molar-refractivity contribution in [3.05, 3.63) is 72.2 Å². The molecule has 0 saturated heterocycles. The fraction of sp³-hybridized carbons (Fsp3) is 0.105. The molecule has 0 unspecified atom stereocenters. The zero-order valence-electron chi connectivity index (χ0n) is 14.5. The predicted molar refractivity (Wildman–Crippen MR) is 94.4 cm³/mol. The number of alkyl halides is 3.